The molecule has 1 aliphatic heterocycles. The summed E-state index contributed by atoms with van der Waals surface area (Å²) in [5.74, 6) is -4.29. The lowest BCUT2D eigenvalue weighted by molar-refractivity contribution is -0.149. The van der Waals surface area contributed by atoms with Gasteiger partial charge in [-0.2, -0.15) is 12.6 Å². The molecule has 0 aromatic carbocycles. The standard InChI is InChI=1S/C15H14N4O7S2/c16-15-17-7(5-28-15)6(1-2-9(21)22)11(23)18-10-12(24)19(13(10)27)8(3-4-20)14(25)26/h1,3-5,10,13,27H,2H2,(H2,16,17)(H,18,23)(H,21,22)(H,25,26)/b6-1-,8-3?/t10-,13-/m1/s1. The number of β-lactam (4-membered cyclic amide) rings is 1. The maximum absolute atomic E-state index is 12.6. The summed E-state index contributed by atoms with van der Waals surface area (Å²) < 4.78 is 0. The molecule has 2 heterocycles. The molecule has 0 aliphatic carbocycles. The molecule has 2 rings (SSSR count). The molecule has 13 heteroatoms. The Balaban J connectivity index is 2.20. The van der Waals surface area contributed by atoms with Gasteiger partial charge >= 0.3 is 11.9 Å². The van der Waals surface area contributed by atoms with Crippen LogP contribution in [0.1, 0.15) is 12.1 Å². The quantitative estimate of drug-likeness (QED) is 0.156. The number of nitrogens with two attached hydrogens (primary N) is 1. The van der Waals surface area contributed by atoms with Crippen molar-refractivity contribution in [1.82, 2.24) is 15.2 Å². The number of thiol groups is 1. The Morgan fingerprint density at radius 3 is 2.54 bits per heavy atom. The zero-order valence-corrected chi connectivity index (χ0v) is 15.6. The SMILES string of the molecule is Nc1nc(/C(=C/CC(=O)O)C(=O)N[C@@H]2C(=O)N(C(=CC=O)C(=O)O)[C@@H]2S)cs1. The third-order valence-corrected chi connectivity index (χ3v) is 4.78. The van der Waals surface area contributed by atoms with E-state index in [1.807, 2.05) is 0 Å². The number of thiazole rings is 1. The molecule has 2 amide bonds. The molecular formula is C15H14N4O7S2. The highest BCUT2D eigenvalue weighted by Crippen LogP contribution is 2.29. The second-order valence-corrected chi connectivity index (χ2v) is 6.77. The average Bonchev–Trinajstić information content (AvgIpc) is 3.05. The van der Waals surface area contributed by atoms with Gasteiger partial charge < -0.3 is 21.3 Å². The molecule has 1 fully saturated rings. The van der Waals surface area contributed by atoms with Crippen LogP contribution in [0.15, 0.2) is 23.2 Å². The maximum Gasteiger partial charge on any atom is 0.352 e. The number of nitrogen functional groups attached to an aromatic ring is 1. The lowest BCUT2D eigenvalue weighted by Gasteiger charge is -2.44. The van der Waals surface area contributed by atoms with Gasteiger partial charge in [-0.15, -0.1) is 11.3 Å². The number of carboxylic acids is 2. The number of nitrogens with zero attached hydrogens (tertiary/aromatic N) is 2. The number of aldehydes is 1. The van der Waals surface area contributed by atoms with Crippen molar-refractivity contribution in [2.45, 2.75) is 17.8 Å². The third-order valence-electron chi connectivity index (χ3n) is 3.58. The van der Waals surface area contributed by atoms with Crippen LogP contribution in [-0.4, -0.2) is 61.6 Å². The summed E-state index contributed by atoms with van der Waals surface area (Å²) >= 11 is 5.14. The largest absolute Gasteiger partial charge is 0.481 e. The Morgan fingerprint density at radius 2 is 2.07 bits per heavy atom. The van der Waals surface area contributed by atoms with Gasteiger partial charge in [-0.25, -0.2) is 9.78 Å². The zero-order valence-electron chi connectivity index (χ0n) is 13.9. The summed E-state index contributed by atoms with van der Waals surface area (Å²) in [5.41, 5.74) is 4.97. The molecule has 5 N–H and O–H groups in total. The van der Waals surface area contributed by atoms with E-state index in [-0.39, 0.29) is 22.7 Å². The van der Waals surface area contributed by atoms with Crippen LogP contribution in [-0.2, 0) is 24.0 Å². The topological polar surface area (TPSA) is 180 Å². The molecule has 28 heavy (non-hydrogen) atoms. The van der Waals surface area contributed by atoms with Crippen LogP contribution in [0.2, 0.25) is 0 Å². The van der Waals surface area contributed by atoms with Crippen LogP contribution in [0.3, 0.4) is 0 Å². The fourth-order valence-electron chi connectivity index (χ4n) is 2.32. The molecular weight excluding hydrogens is 412 g/mol. The molecule has 1 aliphatic rings. The molecule has 2 atom stereocenters. The van der Waals surface area contributed by atoms with Gasteiger partial charge in [-0.1, -0.05) is 6.08 Å². The van der Waals surface area contributed by atoms with E-state index in [2.05, 4.69) is 22.9 Å². The van der Waals surface area contributed by atoms with Gasteiger partial charge in [0.05, 0.1) is 17.7 Å². The summed E-state index contributed by atoms with van der Waals surface area (Å²) in [6, 6.07) is -1.19. The minimum absolute atomic E-state index is 0.107. The Morgan fingerprint density at radius 1 is 1.39 bits per heavy atom. The van der Waals surface area contributed by atoms with Gasteiger partial charge in [0.15, 0.2) is 5.13 Å². The first-order valence-corrected chi connectivity index (χ1v) is 8.91. The highest BCUT2D eigenvalue weighted by Gasteiger charge is 2.49. The second-order valence-electron chi connectivity index (χ2n) is 5.35. The fraction of sp³-hybridized carbons (Fsp3) is 0.200. The molecule has 0 unspecified atom stereocenters. The van der Waals surface area contributed by atoms with E-state index in [1.165, 1.54) is 5.38 Å². The van der Waals surface area contributed by atoms with Crippen LogP contribution in [0.5, 0.6) is 0 Å². The van der Waals surface area contributed by atoms with Gasteiger partial charge in [0, 0.05) is 11.5 Å². The highest BCUT2D eigenvalue weighted by atomic mass is 32.1. The number of carbonyl (C=O) groups is 5. The van der Waals surface area contributed by atoms with Crippen molar-refractivity contribution >= 4 is 64.7 Å². The van der Waals surface area contributed by atoms with Crippen LogP contribution in [0.4, 0.5) is 5.13 Å². The number of amides is 2. The Kier molecular flexibility index (Phi) is 6.53. The highest BCUT2D eigenvalue weighted by molar-refractivity contribution is 7.81. The van der Waals surface area contributed by atoms with Gasteiger partial charge in [0.1, 0.15) is 23.4 Å². The fourth-order valence-corrected chi connectivity index (χ4v) is 3.33. The summed E-state index contributed by atoms with van der Waals surface area (Å²) in [4.78, 5) is 62.0. The molecule has 0 radical (unpaired) electrons. The number of hydrogen-bond donors (Lipinski definition) is 5. The zero-order chi connectivity index (χ0) is 21.0. The minimum atomic E-state index is -1.51. The first kappa shape index (κ1) is 21.1. The van der Waals surface area contributed by atoms with Crippen LogP contribution in [0.25, 0.3) is 5.57 Å². The van der Waals surface area contributed by atoms with Crippen molar-refractivity contribution in [3.05, 3.63) is 28.9 Å². The number of allylic oxidation sites excluding steroid dienone is 1. The Hall–Kier alpha value is -3.19. The van der Waals surface area contributed by atoms with Crippen LogP contribution < -0.4 is 11.1 Å². The molecule has 1 aromatic rings. The van der Waals surface area contributed by atoms with E-state index >= 15 is 0 Å². The summed E-state index contributed by atoms with van der Waals surface area (Å²) in [6.07, 6.45) is 1.55. The van der Waals surface area contributed by atoms with Crippen molar-refractivity contribution in [1.29, 1.82) is 0 Å². The minimum Gasteiger partial charge on any atom is -0.481 e. The monoisotopic (exact) mass is 426 g/mol. The van der Waals surface area contributed by atoms with Crippen molar-refractivity contribution in [2.24, 2.45) is 0 Å². The van der Waals surface area contributed by atoms with Crippen molar-refractivity contribution < 1.29 is 34.2 Å². The van der Waals surface area contributed by atoms with Crippen molar-refractivity contribution in [2.75, 3.05) is 5.73 Å². The Labute approximate surface area is 166 Å². The molecule has 1 aromatic heterocycles. The summed E-state index contributed by atoms with van der Waals surface area (Å²) in [6.45, 7) is 0. The number of carboxylic acid groups (broad SMARTS) is 2. The van der Waals surface area contributed by atoms with Crippen molar-refractivity contribution in [3.63, 3.8) is 0 Å². The molecule has 148 valence electrons. The molecule has 0 spiro atoms. The first-order valence-electron chi connectivity index (χ1n) is 7.51. The number of rotatable bonds is 8. The molecule has 11 nitrogen and oxygen atoms in total. The number of hydrogen-bond acceptors (Lipinski definition) is 9. The lowest BCUT2D eigenvalue weighted by atomic mass is 10.0. The van der Waals surface area contributed by atoms with E-state index in [9.17, 15) is 24.0 Å². The smallest absolute Gasteiger partial charge is 0.352 e. The number of anilines is 1. The third kappa shape index (κ3) is 4.37. The van der Waals surface area contributed by atoms with Crippen LogP contribution >= 0.6 is 24.0 Å². The van der Waals surface area contributed by atoms with Crippen molar-refractivity contribution in [3.8, 4) is 0 Å². The predicted octanol–water partition coefficient (Wildman–Crippen LogP) is -0.666. The van der Waals surface area contributed by atoms with Crippen LogP contribution in [0, 0.1) is 0 Å². The van der Waals surface area contributed by atoms with Gasteiger partial charge in [-0.05, 0) is 0 Å². The van der Waals surface area contributed by atoms with Gasteiger partial charge in [-0.3, -0.25) is 24.1 Å². The molecule has 1 saturated heterocycles. The lowest BCUT2D eigenvalue weighted by Crippen LogP contribution is -2.68. The van der Waals surface area contributed by atoms with E-state index in [0.29, 0.717) is 6.08 Å². The summed E-state index contributed by atoms with van der Waals surface area (Å²) in [7, 11) is 0. The number of nitrogens with one attached hydrogen (secondary N) is 1. The van der Waals surface area contributed by atoms with E-state index in [4.69, 9.17) is 15.9 Å². The number of aliphatic carboxylic acids is 2. The predicted molar refractivity (Wildman–Crippen MR) is 100 cm³/mol. The second kappa shape index (κ2) is 8.67. The van der Waals surface area contributed by atoms with Gasteiger partial charge in [0.2, 0.25) is 0 Å². The Bertz CT molecular complexity index is 908. The normalized spacial score (nSPS) is 19.8. The number of aromatic nitrogens is 1. The van der Waals surface area contributed by atoms with Gasteiger partial charge in [0.25, 0.3) is 11.8 Å². The molecule has 0 bridgehead atoms. The van der Waals surface area contributed by atoms with E-state index in [0.717, 1.165) is 22.3 Å². The first-order chi connectivity index (χ1) is 13.2. The number of carbonyl (C=O) groups excluding carboxylic acids is 3. The number of likely N-dealkylation sites (tertiary alicyclic amines) is 1. The van der Waals surface area contributed by atoms with E-state index in [1.54, 1.807) is 0 Å². The molecule has 0 saturated carbocycles. The summed E-state index contributed by atoms with van der Waals surface area (Å²) in [5, 5.41) is 20.8. The van der Waals surface area contributed by atoms with E-state index < -0.39 is 47.3 Å². The average molecular weight is 426 g/mol. The maximum atomic E-state index is 12.6.